The van der Waals surface area contributed by atoms with Gasteiger partial charge in [0.05, 0.1) is 33.6 Å². The van der Waals surface area contributed by atoms with Crippen LogP contribution in [0, 0.1) is 0 Å². The third-order valence-corrected chi connectivity index (χ3v) is 7.80. The monoisotopic (exact) mass is 646 g/mol. The maximum Gasteiger partial charge on any atom is 0.266 e. The van der Waals surface area contributed by atoms with Crippen molar-refractivity contribution in [3.63, 3.8) is 0 Å². The van der Waals surface area contributed by atoms with E-state index in [0.717, 1.165) is 9.80 Å². The Morgan fingerprint density at radius 3 is 1.18 bits per heavy atom. The molecular formula is C40H26N2O7. The Kier molecular flexibility index (Phi) is 8.14. The summed E-state index contributed by atoms with van der Waals surface area (Å²) in [6, 6.07) is 42.7. The van der Waals surface area contributed by atoms with Crippen LogP contribution in [0.2, 0.25) is 0 Å². The predicted octanol–water partition coefficient (Wildman–Crippen LogP) is 8.26. The number of hydrogen-bond donors (Lipinski definition) is 1. The standard InChI is InChI=1S/C34H20N2O7.C6H6/c37-22-10-6-20(7-11-22)35-31(38)27-16-14-25(18-29(27)33(35)40)43-26-15-17-28-30(19-26)34(41)36(32(28)39)21-8-12-24(13-9-21)42-23-4-2-1-3-5-23;1-2-4-6-5-3-1/h1-19,37H;1-6H. The summed E-state index contributed by atoms with van der Waals surface area (Å²) in [5, 5.41) is 9.55. The van der Waals surface area contributed by atoms with Gasteiger partial charge in [0.1, 0.15) is 28.7 Å². The molecule has 0 bridgehead atoms. The molecule has 9 nitrogen and oxygen atoms in total. The SMILES string of the molecule is O=C1c2ccc(Oc3ccc4c(c3)C(=O)N(c3ccc(Oc5ccccc5)cc3)C4=O)cc2C(=O)N1c1ccc(O)cc1.c1ccccc1. The van der Waals surface area contributed by atoms with Crippen LogP contribution in [0.1, 0.15) is 41.4 Å². The molecule has 2 aliphatic rings. The number of imide groups is 2. The summed E-state index contributed by atoms with van der Waals surface area (Å²) < 4.78 is 11.8. The quantitative estimate of drug-likeness (QED) is 0.181. The Morgan fingerprint density at radius 1 is 0.367 bits per heavy atom. The molecule has 2 heterocycles. The molecule has 2 aliphatic heterocycles. The molecule has 0 saturated heterocycles. The van der Waals surface area contributed by atoms with Crippen LogP contribution >= 0.6 is 0 Å². The summed E-state index contributed by atoms with van der Waals surface area (Å²) >= 11 is 0. The molecule has 0 spiro atoms. The molecule has 0 aliphatic carbocycles. The zero-order chi connectivity index (χ0) is 33.9. The Bertz CT molecular complexity index is 2170. The number of amides is 4. The maximum atomic E-state index is 13.3. The summed E-state index contributed by atoms with van der Waals surface area (Å²) in [5.41, 5.74) is 1.52. The van der Waals surface area contributed by atoms with Gasteiger partial charge in [0.15, 0.2) is 0 Å². The van der Waals surface area contributed by atoms with Crippen molar-refractivity contribution in [3.8, 4) is 28.7 Å². The number of benzene rings is 6. The molecule has 6 aromatic rings. The number of carbonyl (C=O) groups is 4. The van der Waals surface area contributed by atoms with Gasteiger partial charge in [0.2, 0.25) is 0 Å². The van der Waals surface area contributed by atoms with Crippen LogP contribution in [0.5, 0.6) is 28.7 Å². The van der Waals surface area contributed by atoms with E-state index in [4.69, 9.17) is 9.47 Å². The summed E-state index contributed by atoms with van der Waals surface area (Å²) in [4.78, 5) is 54.6. The summed E-state index contributed by atoms with van der Waals surface area (Å²) in [5.74, 6) is -0.183. The van der Waals surface area contributed by atoms with Gasteiger partial charge in [0.25, 0.3) is 23.6 Å². The van der Waals surface area contributed by atoms with E-state index in [-0.39, 0.29) is 39.5 Å². The van der Waals surface area contributed by atoms with Crippen molar-refractivity contribution in [2.45, 2.75) is 0 Å². The smallest absolute Gasteiger partial charge is 0.266 e. The Balaban J connectivity index is 0.000000571. The van der Waals surface area contributed by atoms with Gasteiger partial charge in [0, 0.05) is 0 Å². The minimum Gasteiger partial charge on any atom is -0.508 e. The lowest BCUT2D eigenvalue weighted by atomic mass is 10.1. The first-order valence-electron chi connectivity index (χ1n) is 15.2. The fourth-order valence-corrected chi connectivity index (χ4v) is 5.45. The van der Waals surface area contributed by atoms with Crippen molar-refractivity contribution in [2.75, 3.05) is 9.80 Å². The van der Waals surface area contributed by atoms with Crippen LogP contribution in [-0.4, -0.2) is 28.7 Å². The molecule has 9 heteroatoms. The lowest BCUT2D eigenvalue weighted by molar-refractivity contribution is 0.0910. The minimum absolute atomic E-state index is 0.0139. The second kappa shape index (κ2) is 13.0. The number of phenols is 1. The number of anilines is 2. The number of ether oxygens (including phenoxy) is 2. The molecule has 0 radical (unpaired) electrons. The number of rotatable bonds is 6. The molecule has 0 unspecified atom stereocenters. The largest absolute Gasteiger partial charge is 0.508 e. The minimum atomic E-state index is -0.526. The second-order valence-electron chi connectivity index (χ2n) is 11.0. The number of nitrogens with zero attached hydrogens (tertiary/aromatic N) is 2. The molecule has 49 heavy (non-hydrogen) atoms. The van der Waals surface area contributed by atoms with Gasteiger partial charge >= 0.3 is 0 Å². The topological polar surface area (TPSA) is 113 Å². The van der Waals surface area contributed by atoms with E-state index in [2.05, 4.69) is 0 Å². The highest BCUT2D eigenvalue weighted by atomic mass is 16.5. The summed E-state index contributed by atoms with van der Waals surface area (Å²) in [6.45, 7) is 0. The van der Waals surface area contributed by atoms with Crippen molar-refractivity contribution in [3.05, 3.63) is 174 Å². The van der Waals surface area contributed by atoms with E-state index in [1.165, 1.54) is 48.5 Å². The molecule has 4 amide bonds. The highest BCUT2D eigenvalue weighted by molar-refractivity contribution is 6.35. The summed E-state index contributed by atoms with van der Waals surface area (Å²) in [6.07, 6.45) is 0. The van der Waals surface area contributed by atoms with Crippen LogP contribution in [-0.2, 0) is 0 Å². The molecule has 8 rings (SSSR count). The average Bonchev–Trinajstić information content (AvgIpc) is 3.53. The molecule has 0 saturated carbocycles. The highest BCUT2D eigenvalue weighted by Crippen LogP contribution is 2.36. The molecule has 1 N–H and O–H groups in total. The number of aromatic hydroxyl groups is 1. The van der Waals surface area contributed by atoms with Gasteiger partial charge in [-0.05, 0) is 97.1 Å². The average molecular weight is 647 g/mol. The van der Waals surface area contributed by atoms with Gasteiger partial charge in [-0.15, -0.1) is 0 Å². The molecule has 6 aromatic carbocycles. The lowest BCUT2D eigenvalue weighted by Crippen LogP contribution is -2.29. The normalized spacial score (nSPS) is 13.1. The van der Waals surface area contributed by atoms with Gasteiger partial charge < -0.3 is 14.6 Å². The van der Waals surface area contributed by atoms with Gasteiger partial charge in [-0.1, -0.05) is 54.6 Å². The number of hydrogen-bond acceptors (Lipinski definition) is 7. The van der Waals surface area contributed by atoms with E-state index in [0.29, 0.717) is 22.9 Å². The molecular weight excluding hydrogens is 620 g/mol. The first-order valence-corrected chi connectivity index (χ1v) is 15.2. The van der Waals surface area contributed by atoms with Crippen LogP contribution in [0.15, 0.2) is 152 Å². The van der Waals surface area contributed by atoms with Crippen LogP contribution in [0.4, 0.5) is 11.4 Å². The van der Waals surface area contributed by atoms with Gasteiger partial charge in [-0.2, -0.15) is 0 Å². The Hall–Kier alpha value is -7.00. The van der Waals surface area contributed by atoms with E-state index in [9.17, 15) is 24.3 Å². The predicted molar refractivity (Wildman–Crippen MR) is 183 cm³/mol. The molecule has 0 aromatic heterocycles. The number of fused-ring (bicyclic) bond motifs is 2. The van der Waals surface area contributed by atoms with E-state index >= 15 is 0 Å². The third kappa shape index (κ3) is 6.11. The van der Waals surface area contributed by atoms with Gasteiger partial charge in [-0.25, -0.2) is 9.80 Å². The molecule has 0 fully saturated rings. The van der Waals surface area contributed by atoms with Crippen LogP contribution < -0.4 is 19.3 Å². The third-order valence-electron chi connectivity index (χ3n) is 7.80. The van der Waals surface area contributed by atoms with Gasteiger partial charge in [-0.3, -0.25) is 19.2 Å². The van der Waals surface area contributed by atoms with Crippen molar-refractivity contribution in [1.82, 2.24) is 0 Å². The fraction of sp³-hybridized carbons (Fsp3) is 0. The summed E-state index contributed by atoms with van der Waals surface area (Å²) in [7, 11) is 0. The lowest BCUT2D eigenvalue weighted by Gasteiger charge is -2.14. The van der Waals surface area contributed by atoms with Crippen molar-refractivity contribution < 1.29 is 33.8 Å². The van der Waals surface area contributed by atoms with Crippen molar-refractivity contribution in [2.24, 2.45) is 0 Å². The molecule has 238 valence electrons. The zero-order valence-corrected chi connectivity index (χ0v) is 25.7. The molecule has 0 atom stereocenters. The fourth-order valence-electron chi connectivity index (χ4n) is 5.45. The maximum absolute atomic E-state index is 13.3. The van der Waals surface area contributed by atoms with Crippen LogP contribution in [0.25, 0.3) is 0 Å². The first-order chi connectivity index (χ1) is 23.9. The number of phenolic OH excluding ortho intramolecular Hbond substituents is 1. The second-order valence-corrected chi connectivity index (χ2v) is 11.0. The first kappa shape index (κ1) is 30.6. The van der Waals surface area contributed by atoms with Crippen molar-refractivity contribution >= 4 is 35.0 Å². The number of para-hydroxylation sites is 1. The van der Waals surface area contributed by atoms with E-state index in [1.807, 2.05) is 66.7 Å². The van der Waals surface area contributed by atoms with E-state index < -0.39 is 23.6 Å². The Labute approximate surface area is 280 Å². The van der Waals surface area contributed by atoms with Crippen molar-refractivity contribution in [1.29, 1.82) is 0 Å². The zero-order valence-electron chi connectivity index (χ0n) is 25.7. The highest BCUT2D eigenvalue weighted by Gasteiger charge is 2.38. The number of carbonyl (C=O) groups excluding carboxylic acids is 4. The van der Waals surface area contributed by atoms with Crippen LogP contribution in [0.3, 0.4) is 0 Å². The van der Waals surface area contributed by atoms with E-state index in [1.54, 1.807) is 36.4 Å². The Morgan fingerprint density at radius 2 is 0.714 bits per heavy atom.